The van der Waals surface area contributed by atoms with Gasteiger partial charge in [-0.25, -0.2) is 9.59 Å². The number of nitrogens with zero attached hydrogens (tertiary/aromatic N) is 1. The molecule has 0 saturated carbocycles. The normalized spacial score (nSPS) is 13.2. The van der Waals surface area contributed by atoms with Gasteiger partial charge in [0.1, 0.15) is 6.21 Å². The molecular formula is C5H7NO4S. The van der Waals surface area contributed by atoms with Gasteiger partial charge in [0.15, 0.2) is 6.04 Å². The highest BCUT2D eigenvalue weighted by Crippen LogP contribution is 1.92. The number of carboxylic acid groups (broad SMARTS) is 2. The molecule has 0 saturated heterocycles. The van der Waals surface area contributed by atoms with Crippen molar-refractivity contribution in [3.8, 4) is 0 Å². The predicted octanol–water partition coefficient (Wildman–Crippen LogP) is -0.475. The summed E-state index contributed by atoms with van der Waals surface area (Å²) in [5, 5.41) is 16.4. The zero-order valence-electron chi connectivity index (χ0n) is 5.47. The first-order valence-corrected chi connectivity index (χ1v) is 3.31. The van der Waals surface area contributed by atoms with Crippen LogP contribution < -0.4 is 0 Å². The van der Waals surface area contributed by atoms with Crippen LogP contribution in [0, 0.1) is 0 Å². The van der Waals surface area contributed by atoms with Crippen molar-refractivity contribution in [3.63, 3.8) is 0 Å². The molecule has 0 bridgehead atoms. The van der Waals surface area contributed by atoms with Gasteiger partial charge >= 0.3 is 11.9 Å². The molecule has 0 aromatic rings. The number of thiol groups is 1. The van der Waals surface area contributed by atoms with Crippen LogP contribution in [-0.2, 0) is 9.59 Å². The van der Waals surface area contributed by atoms with Crippen LogP contribution in [0.3, 0.4) is 0 Å². The molecule has 0 amide bonds. The summed E-state index contributed by atoms with van der Waals surface area (Å²) in [4.78, 5) is 23.3. The molecule has 1 unspecified atom stereocenters. The molecule has 62 valence electrons. The van der Waals surface area contributed by atoms with Gasteiger partial charge < -0.3 is 10.2 Å². The highest BCUT2D eigenvalue weighted by Gasteiger charge is 2.12. The van der Waals surface area contributed by atoms with E-state index in [1.54, 1.807) is 0 Å². The summed E-state index contributed by atoms with van der Waals surface area (Å²) in [6, 6.07) is -1.07. The topological polar surface area (TPSA) is 87.0 Å². The minimum Gasteiger partial charge on any atom is -0.480 e. The Morgan fingerprint density at radius 1 is 1.55 bits per heavy atom. The van der Waals surface area contributed by atoms with Crippen molar-refractivity contribution in [3.05, 3.63) is 0 Å². The van der Waals surface area contributed by atoms with Gasteiger partial charge in [-0.3, -0.25) is 4.99 Å². The number of rotatable bonds is 4. The lowest BCUT2D eigenvalue weighted by molar-refractivity contribution is -0.137. The van der Waals surface area contributed by atoms with Gasteiger partial charge in [0.25, 0.3) is 0 Å². The van der Waals surface area contributed by atoms with Crippen LogP contribution in [0.25, 0.3) is 0 Å². The third-order valence-corrected chi connectivity index (χ3v) is 1.17. The Hall–Kier alpha value is -1.04. The van der Waals surface area contributed by atoms with Crippen LogP contribution in [0.15, 0.2) is 4.99 Å². The molecule has 0 fully saturated rings. The fraction of sp³-hybridized carbons (Fsp3) is 0.400. The van der Waals surface area contributed by atoms with Crippen molar-refractivity contribution in [1.82, 2.24) is 0 Å². The maximum absolute atomic E-state index is 10.2. The first kappa shape index (κ1) is 9.96. The van der Waals surface area contributed by atoms with Crippen molar-refractivity contribution in [2.24, 2.45) is 4.99 Å². The lowest BCUT2D eigenvalue weighted by atomic mass is 10.4. The summed E-state index contributed by atoms with van der Waals surface area (Å²) in [5.74, 6) is -2.46. The summed E-state index contributed by atoms with van der Waals surface area (Å²) in [6.45, 7) is 0. The van der Waals surface area contributed by atoms with E-state index in [4.69, 9.17) is 10.2 Å². The maximum Gasteiger partial charge on any atom is 0.346 e. The van der Waals surface area contributed by atoms with E-state index < -0.39 is 18.0 Å². The van der Waals surface area contributed by atoms with E-state index in [2.05, 4.69) is 17.6 Å². The fourth-order valence-corrected chi connectivity index (χ4v) is 0.593. The number of hydrogen-bond donors (Lipinski definition) is 3. The third-order valence-electron chi connectivity index (χ3n) is 0.823. The van der Waals surface area contributed by atoms with Crippen molar-refractivity contribution >= 4 is 30.8 Å². The van der Waals surface area contributed by atoms with Gasteiger partial charge in [0.2, 0.25) is 0 Å². The first-order valence-electron chi connectivity index (χ1n) is 2.67. The van der Waals surface area contributed by atoms with Gasteiger partial charge in [-0.2, -0.15) is 12.6 Å². The van der Waals surface area contributed by atoms with Gasteiger partial charge in [-0.15, -0.1) is 0 Å². The molecule has 1 atom stereocenters. The Balaban J connectivity index is 4.08. The molecule has 6 heteroatoms. The quantitative estimate of drug-likeness (QED) is 0.400. The summed E-state index contributed by atoms with van der Waals surface area (Å²) in [7, 11) is 0. The Kier molecular flexibility index (Phi) is 4.28. The molecule has 0 heterocycles. The smallest absolute Gasteiger partial charge is 0.346 e. The molecule has 0 spiro atoms. The second-order valence-corrected chi connectivity index (χ2v) is 2.02. The molecule has 2 N–H and O–H groups in total. The van der Waals surface area contributed by atoms with E-state index in [0.717, 1.165) is 0 Å². The average Bonchev–Trinajstić information content (AvgIpc) is 1.87. The SMILES string of the molecule is O=C(O)C=NC(CS)C(=O)O. The molecule has 11 heavy (non-hydrogen) atoms. The molecule has 0 rings (SSSR count). The number of carboxylic acids is 2. The van der Waals surface area contributed by atoms with E-state index in [1.807, 2.05) is 0 Å². The van der Waals surface area contributed by atoms with Crippen molar-refractivity contribution in [2.75, 3.05) is 5.75 Å². The number of carbonyl (C=O) groups is 2. The molecule has 0 aliphatic carbocycles. The van der Waals surface area contributed by atoms with Crippen LogP contribution in [0.1, 0.15) is 0 Å². The first-order chi connectivity index (χ1) is 5.07. The largest absolute Gasteiger partial charge is 0.480 e. The maximum atomic E-state index is 10.2. The molecule has 5 nitrogen and oxygen atoms in total. The van der Waals surface area contributed by atoms with Crippen LogP contribution >= 0.6 is 12.6 Å². The van der Waals surface area contributed by atoms with Crippen LogP contribution in [0.4, 0.5) is 0 Å². The molecular weight excluding hydrogens is 170 g/mol. The van der Waals surface area contributed by atoms with Crippen LogP contribution in [0.2, 0.25) is 0 Å². The molecule has 0 radical (unpaired) electrons. The predicted molar refractivity (Wildman–Crippen MR) is 41.4 cm³/mol. The minimum absolute atomic E-state index is 0.0148. The second kappa shape index (κ2) is 4.73. The van der Waals surface area contributed by atoms with E-state index in [9.17, 15) is 9.59 Å². The monoisotopic (exact) mass is 177 g/mol. The molecule has 0 aromatic carbocycles. The minimum atomic E-state index is -1.27. The zero-order valence-corrected chi connectivity index (χ0v) is 6.36. The van der Waals surface area contributed by atoms with Crippen LogP contribution in [0.5, 0.6) is 0 Å². The fourth-order valence-electron chi connectivity index (χ4n) is 0.343. The Morgan fingerprint density at radius 3 is 2.36 bits per heavy atom. The molecule has 0 aliphatic rings. The highest BCUT2D eigenvalue weighted by atomic mass is 32.1. The number of hydrogen-bond acceptors (Lipinski definition) is 4. The molecule has 0 aromatic heterocycles. The lowest BCUT2D eigenvalue weighted by Gasteiger charge is -1.99. The van der Waals surface area contributed by atoms with Crippen molar-refractivity contribution < 1.29 is 19.8 Å². The third kappa shape index (κ3) is 4.38. The van der Waals surface area contributed by atoms with E-state index in [-0.39, 0.29) is 5.75 Å². The van der Waals surface area contributed by atoms with Gasteiger partial charge in [-0.05, 0) is 0 Å². The summed E-state index contributed by atoms with van der Waals surface area (Å²) in [5.41, 5.74) is 0. The molecule has 0 aliphatic heterocycles. The number of aliphatic carboxylic acids is 2. The Labute approximate surface area is 68.2 Å². The highest BCUT2D eigenvalue weighted by molar-refractivity contribution is 7.80. The van der Waals surface area contributed by atoms with Crippen molar-refractivity contribution in [1.29, 1.82) is 0 Å². The van der Waals surface area contributed by atoms with Gasteiger partial charge in [0, 0.05) is 5.75 Å². The van der Waals surface area contributed by atoms with E-state index in [1.165, 1.54) is 0 Å². The summed E-state index contributed by atoms with van der Waals surface area (Å²) >= 11 is 3.67. The average molecular weight is 177 g/mol. The zero-order chi connectivity index (χ0) is 8.85. The summed E-state index contributed by atoms with van der Waals surface area (Å²) in [6.07, 6.45) is 0.551. The summed E-state index contributed by atoms with van der Waals surface area (Å²) < 4.78 is 0. The number of aliphatic imine (C=N–C) groups is 1. The Morgan fingerprint density at radius 2 is 2.09 bits per heavy atom. The van der Waals surface area contributed by atoms with Gasteiger partial charge in [0.05, 0.1) is 0 Å². The van der Waals surface area contributed by atoms with Crippen molar-refractivity contribution in [2.45, 2.75) is 6.04 Å². The lowest BCUT2D eigenvalue weighted by Crippen LogP contribution is -2.20. The van der Waals surface area contributed by atoms with E-state index in [0.29, 0.717) is 6.21 Å². The van der Waals surface area contributed by atoms with Crippen LogP contribution in [-0.4, -0.2) is 40.2 Å². The van der Waals surface area contributed by atoms with E-state index >= 15 is 0 Å². The second-order valence-electron chi connectivity index (χ2n) is 1.65. The Bertz CT molecular complexity index is 191. The van der Waals surface area contributed by atoms with Gasteiger partial charge in [-0.1, -0.05) is 0 Å². The standard InChI is InChI=1S/C5H7NO4S/c7-4(8)1-6-3(2-11)5(9)10/h1,3,11H,2H2,(H,7,8)(H,9,10).